The van der Waals surface area contributed by atoms with E-state index in [2.05, 4.69) is 42.2 Å². The predicted octanol–water partition coefficient (Wildman–Crippen LogP) is 1.95. The van der Waals surface area contributed by atoms with Gasteiger partial charge in [0, 0.05) is 24.4 Å². The lowest BCUT2D eigenvalue weighted by Crippen LogP contribution is -2.18. The molecule has 0 radical (unpaired) electrons. The lowest BCUT2D eigenvalue weighted by atomic mass is 10.3. The molecule has 0 bridgehead atoms. The number of hydrogen-bond donors (Lipinski definition) is 1. The zero-order valence-corrected chi connectivity index (χ0v) is 8.17. The Kier molecular flexibility index (Phi) is 3.39. The molecule has 1 heterocycles. The van der Waals surface area contributed by atoms with Crippen molar-refractivity contribution >= 4 is 0 Å². The highest BCUT2D eigenvalue weighted by Crippen LogP contribution is 2.03. The summed E-state index contributed by atoms with van der Waals surface area (Å²) in [6.07, 6.45) is 1.51. The fourth-order valence-electron chi connectivity index (χ4n) is 1.28. The van der Waals surface area contributed by atoms with Crippen LogP contribution in [0.3, 0.4) is 0 Å². The van der Waals surface area contributed by atoms with Crippen LogP contribution in [0.2, 0.25) is 0 Å². The molecule has 0 atom stereocenters. The van der Waals surface area contributed by atoms with Gasteiger partial charge >= 0.3 is 0 Å². The van der Waals surface area contributed by atoms with E-state index < -0.39 is 0 Å². The van der Waals surface area contributed by atoms with E-state index in [0.717, 1.165) is 13.0 Å². The van der Waals surface area contributed by atoms with Gasteiger partial charge in [0.1, 0.15) is 0 Å². The van der Waals surface area contributed by atoms with Gasteiger partial charge in [-0.15, -0.1) is 0 Å². The highest BCUT2D eigenvalue weighted by atomic mass is 15.4. The summed E-state index contributed by atoms with van der Waals surface area (Å²) in [7, 11) is 0. The van der Waals surface area contributed by atoms with E-state index in [9.17, 15) is 0 Å². The van der Waals surface area contributed by atoms with Crippen LogP contribution in [0.4, 0.5) is 0 Å². The summed E-state index contributed by atoms with van der Waals surface area (Å²) in [5, 5.41) is 8.35. The van der Waals surface area contributed by atoms with Crippen LogP contribution < -0.4 is 5.43 Å². The molecule has 3 nitrogen and oxygen atoms in total. The topological polar surface area (TPSA) is 40.8 Å². The maximum absolute atomic E-state index is 8.35. The van der Waals surface area contributed by atoms with Crippen molar-refractivity contribution in [3.05, 3.63) is 23.5 Å². The van der Waals surface area contributed by atoms with Gasteiger partial charge in [-0.2, -0.15) is 5.26 Å². The minimum atomic E-state index is 0.617. The molecule has 0 saturated heterocycles. The van der Waals surface area contributed by atoms with Gasteiger partial charge in [-0.1, -0.05) is 0 Å². The second kappa shape index (κ2) is 4.56. The van der Waals surface area contributed by atoms with Crippen LogP contribution in [0.1, 0.15) is 24.2 Å². The van der Waals surface area contributed by atoms with Gasteiger partial charge in [-0.05, 0) is 32.4 Å². The second-order valence-corrected chi connectivity index (χ2v) is 3.12. The summed E-state index contributed by atoms with van der Waals surface area (Å²) in [4.78, 5) is 0. The molecule has 0 saturated carbocycles. The van der Waals surface area contributed by atoms with Gasteiger partial charge in [-0.25, -0.2) is 0 Å². The number of unbranched alkanes of at least 4 members (excludes halogenated alkanes) is 1. The van der Waals surface area contributed by atoms with Crippen molar-refractivity contribution in [2.24, 2.45) is 0 Å². The Morgan fingerprint density at radius 3 is 2.54 bits per heavy atom. The summed E-state index contributed by atoms with van der Waals surface area (Å²) in [5.74, 6) is 0. The van der Waals surface area contributed by atoms with Crippen LogP contribution >= 0.6 is 0 Å². The van der Waals surface area contributed by atoms with E-state index >= 15 is 0 Å². The SMILES string of the molecule is Cc1ccc(C)n1NCCCC#N. The third-order valence-electron chi connectivity index (χ3n) is 2.01. The molecule has 1 aromatic heterocycles. The molecule has 1 aromatic rings. The molecule has 1 N–H and O–H groups in total. The average molecular weight is 177 g/mol. The summed E-state index contributed by atoms with van der Waals surface area (Å²) >= 11 is 0. The Balaban J connectivity index is 2.41. The van der Waals surface area contributed by atoms with Gasteiger partial charge in [-0.3, -0.25) is 4.68 Å². The van der Waals surface area contributed by atoms with Gasteiger partial charge in [0.05, 0.1) is 6.07 Å². The Labute approximate surface area is 79.0 Å². The molecule has 0 aliphatic heterocycles. The monoisotopic (exact) mass is 177 g/mol. The fourth-order valence-corrected chi connectivity index (χ4v) is 1.28. The molecular formula is C10H15N3. The minimum absolute atomic E-state index is 0.617. The van der Waals surface area contributed by atoms with Gasteiger partial charge in [0.25, 0.3) is 0 Å². The van der Waals surface area contributed by atoms with E-state index in [1.54, 1.807) is 0 Å². The minimum Gasteiger partial charge on any atom is -0.326 e. The summed E-state index contributed by atoms with van der Waals surface area (Å²) in [6, 6.07) is 6.28. The van der Waals surface area contributed by atoms with Gasteiger partial charge in [0.15, 0.2) is 0 Å². The number of aromatic nitrogens is 1. The third-order valence-corrected chi connectivity index (χ3v) is 2.01. The first-order chi connectivity index (χ1) is 6.25. The highest BCUT2D eigenvalue weighted by Gasteiger charge is 1.98. The number of rotatable bonds is 4. The maximum atomic E-state index is 8.35. The summed E-state index contributed by atoms with van der Waals surface area (Å²) < 4.78 is 2.05. The highest BCUT2D eigenvalue weighted by molar-refractivity contribution is 5.15. The molecule has 0 fully saturated rings. The van der Waals surface area contributed by atoms with Crippen LogP contribution in [0.15, 0.2) is 12.1 Å². The van der Waals surface area contributed by atoms with E-state index in [-0.39, 0.29) is 0 Å². The number of nitriles is 1. The standard InChI is InChI=1S/C10H15N3/c1-9-5-6-10(2)13(9)12-8-4-3-7-11/h5-6,12H,3-4,8H2,1-2H3. The Hall–Kier alpha value is -1.43. The molecule has 1 rings (SSSR count). The Bertz CT molecular complexity index is 287. The van der Waals surface area contributed by atoms with Crippen molar-refractivity contribution in [2.45, 2.75) is 26.7 Å². The molecule has 0 spiro atoms. The lowest BCUT2D eigenvalue weighted by molar-refractivity contribution is 0.752. The maximum Gasteiger partial charge on any atom is 0.0622 e. The molecular weight excluding hydrogens is 162 g/mol. The van der Waals surface area contributed by atoms with Crippen LogP contribution in [-0.2, 0) is 0 Å². The molecule has 70 valence electrons. The van der Waals surface area contributed by atoms with E-state index in [0.29, 0.717) is 6.42 Å². The van der Waals surface area contributed by atoms with E-state index in [4.69, 9.17) is 5.26 Å². The molecule has 0 aliphatic rings. The van der Waals surface area contributed by atoms with Crippen LogP contribution in [-0.4, -0.2) is 11.2 Å². The molecule has 3 heteroatoms. The molecule has 0 aromatic carbocycles. The van der Waals surface area contributed by atoms with Gasteiger partial charge < -0.3 is 5.43 Å². The van der Waals surface area contributed by atoms with E-state index in [1.165, 1.54) is 11.4 Å². The van der Waals surface area contributed by atoms with Crippen molar-refractivity contribution < 1.29 is 0 Å². The molecule has 13 heavy (non-hydrogen) atoms. The van der Waals surface area contributed by atoms with Crippen LogP contribution in [0.25, 0.3) is 0 Å². The lowest BCUT2D eigenvalue weighted by Gasteiger charge is -2.11. The third kappa shape index (κ3) is 2.51. The Morgan fingerprint density at radius 1 is 1.38 bits per heavy atom. The van der Waals surface area contributed by atoms with Crippen LogP contribution in [0, 0.1) is 25.2 Å². The number of nitrogens with one attached hydrogen (secondary N) is 1. The largest absolute Gasteiger partial charge is 0.326 e. The van der Waals surface area contributed by atoms with Crippen molar-refractivity contribution in [1.82, 2.24) is 4.68 Å². The summed E-state index contributed by atoms with van der Waals surface area (Å²) in [6.45, 7) is 4.97. The zero-order valence-electron chi connectivity index (χ0n) is 8.17. The van der Waals surface area contributed by atoms with E-state index in [1.807, 2.05) is 0 Å². The molecule has 0 aliphatic carbocycles. The van der Waals surface area contributed by atoms with Crippen molar-refractivity contribution in [3.8, 4) is 6.07 Å². The van der Waals surface area contributed by atoms with Crippen molar-refractivity contribution in [2.75, 3.05) is 12.0 Å². The molecule has 0 amide bonds. The number of hydrogen-bond acceptors (Lipinski definition) is 2. The smallest absolute Gasteiger partial charge is 0.0622 e. The molecule has 0 unspecified atom stereocenters. The fraction of sp³-hybridized carbons (Fsp3) is 0.500. The second-order valence-electron chi connectivity index (χ2n) is 3.12. The zero-order chi connectivity index (χ0) is 9.68. The summed E-state index contributed by atoms with van der Waals surface area (Å²) in [5.41, 5.74) is 5.67. The van der Waals surface area contributed by atoms with Crippen LogP contribution in [0.5, 0.6) is 0 Å². The number of nitrogens with zero attached hydrogens (tertiary/aromatic N) is 2. The first-order valence-corrected chi connectivity index (χ1v) is 4.51. The normalized spacial score (nSPS) is 9.62. The van der Waals surface area contributed by atoms with Crippen molar-refractivity contribution in [3.63, 3.8) is 0 Å². The number of aryl methyl sites for hydroxylation is 2. The average Bonchev–Trinajstić information content (AvgIpc) is 2.42. The van der Waals surface area contributed by atoms with Gasteiger partial charge in [0.2, 0.25) is 0 Å². The van der Waals surface area contributed by atoms with Crippen molar-refractivity contribution in [1.29, 1.82) is 5.26 Å². The predicted molar refractivity (Wildman–Crippen MR) is 53.0 cm³/mol. The Morgan fingerprint density at radius 2 is 2.00 bits per heavy atom. The first kappa shape index (κ1) is 9.66. The quantitative estimate of drug-likeness (QED) is 0.714. The first-order valence-electron chi connectivity index (χ1n) is 4.51.